The third-order valence-electron chi connectivity index (χ3n) is 2.39. The number of rotatable bonds is 2. The van der Waals surface area contributed by atoms with E-state index in [-0.39, 0.29) is 6.10 Å². The molecule has 1 heterocycles. The van der Waals surface area contributed by atoms with Gasteiger partial charge in [0.2, 0.25) is 0 Å². The lowest BCUT2D eigenvalue weighted by Gasteiger charge is -2.36. The maximum atomic E-state index is 8.94. The van der Waals surface area contributed by atoms with Gasteiger partial charge in [-0.2, -0.15) is 5.26 Å². The van der Waals surface area contributed by atoms with Gasteiger partial charge in [-0.3, -0.25) is 4.90 Å². The zero-order chi connectivity index (χ0) is 10.8. The van der Waals surface area contributed by atoms with Crippen LogP contribution in [0.5, 0.6) is 5.75 Å². The largest absolute Gasteiger partial charge is 0.486 e. The molecule has 0 bridgehead atoms. The molecule has 0 aromatic heterocycles. The fraction of sp³-hybridized carbons (Fsp3) is 0.364. The number of nitriles is 1. The van der Waals surface area contributed by atoms with Gasteiger partial charge in [0.1, 0.15) is 17.9 Å². The fourth-order valence-electron chi connectivity index (χ4n) is 1.59. The minimum absolute atomic E-state index is 0.225. The van der Waals surface area contributed by atoms with Crippen molar-refractivity contribution in [3.8, 4) is 11.8 Å². The van der Waals surface area contributed by atoms with Crippen LogP contribution < -0.4 is 4.74 Å². The lowest BCUT2D eigenvalue weighted by Crippen LogP contribution is -2.51. The molecule has 78 valence electrons. The highest BCUT2D eigenvalue weighted by Gasteiger charge is 2.25. The van der Waals surface area contributed by atoms with E-state index in [1.165, 1.54) is 0 Å². The molecular formula is C11H11BrN2O. The van der Waals surface area contributed by atoms with Crippen LogP contribution in [0.15, 0.2) is 22.7 Å². The molecule has 0 N–H and O–H groups in total. The molecule has 1 aromatic rings. The van der Waals surface area contributed by atoms with Crippen molar-refractivity contribution in [1.82, 2.24) is 4.90 Å². The van der Waals surface area contributed by atoms with Gasteiger partial charge >= 0.3 is 0 Å². The number of benzene rings is 1. The second kappa shape index (κ2) is 4.21. The highest BCUT2D eigenvalue weighted by Crippen LogP contribution is 2.24. The van der Waals surface area contributed by atoms with Crippen molar-refractivity contribution in [2.45, 2.75) is 6.10 Å². The van der Waals surface area contributed by atoms with E-state index in [0.717, 1.165) is 17.6 Å². The number of halogens is 1. The van der Waals surface area contributed by atoms with E-state index in [4.69, 9.17) is 10.00 Å². The molecule has 0 saturated carbocycles. The number of nitrogens with zero attached hydrogens (tertiary/aromatic N) is 2. The van der Waals surface area contributed by atoms with E-state index >= 15 is 0 Å². The van der Waals surface area contributed by atoms with Crippen LogP contribution in [0.1, 0.15) is 5.56 Å². The molecule has 0 aliphatic carbocycles. The second-order valence-electron chi connectivity index (χ2n) is 3.71. The Balaban J connectivity index is 2.11. The first kappa shape index (κ1) is 10.5. The Labute approximate surface area is 97.4 Å². The summed E-state index contributed by atoms with van der Waals surface area (Å²) < 4.78 is 6.61. The van der Waals surface area contributed by atoms with E-state index < -0.39 is 0 Å². The first-order chi connectivity index (χ1) is 7.19. The molecule has 1 fully saturated rings. The zero-order valence-corrected chi connectivity index (χ0v) is 9.99. The Hall–Kier alpha value is -1.05. The van der Waals surface area contributed by atoms with Crippen molar-refractivity contribution in [2.24, 2.45) is 0 Å². The molecule has 1 saturated heterocycles. The van der Waals surface area contributed by atoms with Crippen molar-refractivity contribution in [1.29, 1.82) is 5.26 Å². The second-order valence-corrected chi connectivity index (χ2v) is 4.63. The predicted molar refractivity (Wildman–Crippen MR) is 60.8 cm³/mol. The molecule has 1 aliphatic rings. The van der Waals surface area contributed by atoms with Gasteiger partial charge in [0, 0.05) is 17.6 Å². The Morgan fingerprint density at radius 3 is 2.87 bits per heavy atom. The molecule has 15 heavy (non-hydrogen) atoms. The normalized spacial score (nSPS) is 16.9. The van der Waals surface area contributed by atoms with Crippen molar-refractivity contribution >= 4 is 15.9 Å². The van der Waals surface area contributed by atoms with Crippen LogP contribution in [0.3, 0.4) is 0 Å². The van der Waals surface area contributed by atoms with E-state index in [0.29, 0.717) is 11.3 Å². The molecule has 0 radical (unpaired) electrons. The number of hydrogen-bond acceptors (Lipinski definition) is 3. The minimum Gasteiger partial charge on any atom is -0.486 e. The fourth-order valence-corrected chi connectivity index (χ4v) is 1.95. The van der Waals surface area contributed by atoms with Gasteiger partial charge in [-0.15, -0.1) is 0 Å². The predicted octanol–water partition coefficient (Wildman–Crippen LogP) is 2.01. The van der Waals surface area contributed by atoms with Gasteiger partial charge in [-0.1, -0.05) is 15.9 Å². The van der Waals surface area contributed by atoms with Crippen molar-refractivity contribution in [3.63, 3.8) is 0 Å². The summed E-state index contributed by atoms with van der Waals surface area (Å²) in [7, 11) is 2.05. The highest BCUT2D eigenvalue weighted by atomic mass is 79.9. The topological polar surface area (TPSA) is 36.3 Å². The van der Waals surface area contributed by atoms with Crippen LogP contribution in [0, 0.1) is 11.3 Å². The number of ether oxygens (including phenoxy) is 1. The monoisotopic (exact) mass is 266 g/mol. The summed E-state index contributed by atoms with van der Waals surface area (Å²) in [5.41, 5.74) is 0.582. The maximum Gasteiger partial charge on any atom is 0.137 e. The smallest absolute Gasteiger partial charge is 0.137 e. The van der Waals surface area contributed by atoms with Gasteiger partial charge in [-0.05, 0) is 25.2 Å². The Morgan fingerprint density at radius 2 is 2.27 bits per heavy atom. The third kappa shape index (κ3) is 2.31. The maximum absolute atomic E-state index is 8.94. The molecule has 3 nitrogen and oxygen atoms in total. The first-order valence-electron chi connectivity index (χ1n) is 4.74. The Morgan fingerprint density at radius 1 is 1.53 bits per heavy atom. The quantitative estimate of drug-likeness (QED) is 0.822. The highest BCUT2D eigenvalue weighted by molar-refractivity contribution is 9.10. The SMILES string of the molecule is CN1CC(Oc2ccc(Br)cc2C#N)C1. The van der Waals surface area contributed by atoms with Crippen LogP contribution >= 0.6 is 15.9 Å². The van der Waals surface area contributed by atoms with Crippen LogP contribution in [-0.4, -0.2) is 31.1 Å². The lowest BCUT2D eigenvalue weighted by atomic mass is 10.1. The van der Waals surface area contributed by atoms with Gasteiger partial charge in [-0.25, -0.2) is 0 Å². The summed E-state index contributed by atoms with van der Waals surface area (Å²) in [6.45, 7) is 1.86. The van der Waals surface area contributed by atoms with E-state index in [1.54, 1.807) is 6.07 Å². The van der Waals surface area contributed by atoms with Crippen molar-refractivity contribution in [3.05, 3.63) is 28.2 Å². The summed E-state index contributed by atoms with van der Waals surface area (Å²) in [6, 6.07) is 7.63. The summed E-state index contributed by atoms with van der Waals surface area (Å²) >= 11 is 3.33. The molecule has 1 aliphatic heterocycles. The van der Waals surface area contributed by atoms with Gasteiger partial charge in [0.05, 0.1) is 5.56 Å². The third-order valence-corrected chi connectivity index (χ3v) is 2.88. The molecule has 0 unspecified atom stereocenters. The van der Waals surface area contributed by atoms with Crippen LogP contribution in [0.4, 0.5) is 0 Å². The minimum atomic E-state index is 0.225. The zero-order valence-electron chi connectivity index (χ0n) is 8.40. The van der Waals surface area contributed by atoms with Crippen LogP contribution in [-0.2, 0) is 0 Å². The molecule has 2 rings (SSSR count). The standard InChI is InChI=1S/C11H11BrN2O/c1-14-6-10(7-14)15-11-3-2-9(12)4-8(11)5-13/h2-4,10H,6-7H2,1H3. The van der Waals surface area contributed by atoms with E-state index in [9.17, 15) is 0 Å². The molecular weight excluding hydrogens is 256 g/mol. The van der Waals surface area contributed by atoms with Gasteiger partial charge < -0.3 is 4.74 Å². The first-order valence-corrected chi connectivity index (χ1v) is 5.53. The van der Waals surface area contributed by atoms with E-state index in [1.807, 2.05) is 19.2 Å². The Kier molecular flexibility index (Phi) is 2.94. The molecule has 0 amide bonds. The van der Waals surface area contributed by atoms with Crippen LogP contribution in [0.2, 0.25) is 0 Å². The van der Waals surface area contributed by atoms with Gasteiger partial charge in [0.15, 0.2) is 0 Å². The summed E-state index contributed by atoms with van der Waals surface area (Å²) in [6.07, 6.45) is 0.225. The number of hydrogen-bond donors (Lipinski definition) is 0. The van der Waals surface area contributed by atoms with Crippen molar-refractivity contribution in [2.75, 3.05) is 20.1 Å². The number of likely N-dealkylation sites (N-methyl/N-ethyl adjacent to an activating group) is 1. The van der Waals surface area contributed by atoms with E-state index in [2.05, 4.69) is 26.9 Å². The molecule has 0 atom stereocenters. The summed E-state index contributed by atoms with van der Waals surface area (Å²) in [5.74, 6) is 0.679. The molecule has 0 spiro atoms. The van der Waals surface area contributed by atoms with Crippen LogP contribution in [0.25, 0.3) is 0 Å². The summed E-state index contributed by atoms with van der Waals surface area (Å²) in [4.78, 5) is 2.18. The van der Waals surface area contributed by atoms with Gasteiger partial charge in [0.25, 0.3) is 0 Å². The number of likely N-dealkylation sites (tertiary alicyclic amines) is 1. The average molecular weight is 267 g/mol. The summed E-state index contributed by atoms with van der Waals surface area (Å²) in [5, 5.41) is 8.94. The van der Waals surface area contributed by atoms with Crippen molar-refractivity contribution < 1.29 is 4.74 Å². The average Bonchev–Trinajstić information content (AvgIpc) is 2.18. The molecule has 1 aromatic carbocycles. The lowest BCUT2D eigenvalue weighted by molar-refractivity contribution is 0.0386. The Bertz CT molecular complexity index is 408. The molecule has 4 heteroatoms.